The van der Waals surface area contributed by atoms with Gasteiger partial charge in [-0.05, 0) is 31.5 Å². The smallest absolute Gasteiger partial charge is 0.223 e. The quantitative estimate of drug-likeness (QED) is 0.813. The molecule has 29 heavy (non-hydrogen) atoms. The van der Waals surface area contributed by atoms with Gasteiger partial charge in [0.25, 0.3) is 0 Å². The molecule has 1 N–H and O–H groups in total. The highest BCUT2D eigenvalue weighted by atomic mass is 35.5. The molecule has 2 fully saturated rings. The van der Waals surface area contributed by atoms with Crippen LogP contribution in [0.25, 0.3) is 0 Å². The molecule has 2 saturated heterocycles. The normalized spacial score (nSPS) is 19.9. The predicted molar refractivity (Wildman–Crippen MR) is 118 cm³/mol. The number of nitrogens with one attached hydrogen (secondary N) is 1. The van der Waals surface area contributed by atoms with Crippen molar-refractivity contribution >= 4 is 24.1 Å². The Morgan fingerprint density at radius 3 is 2.52 bits per heavy atom. The molecule has 2 aromatic rings. The number of halogens is 1. The van der Waals surface area contributed by atoms with Gasteiger partial charge >= 0.3 is 0 Å². The average Bonchev–Trinajstić information content (AvgIpc) is 3.09. The van der Waals surface area contributed by atoms with Crippen molar-refractivity contribution in [2.45, 2.75) is 37.6 Å². The van der Waals surface area contributed by atoms with E-state index < -0.39 is 0 Å². The fourth-order valence-corrected chi connectivity index (χ4v) is 4.10. The maximum absolute atomic E-state index is 12.6. The molecule has 4 rings (SSSR count). The number of hydrogen-bond acceptors (Lipinski definition) is 5. The summed E-state index contributed by atoms with van der Waals surface area (Å²) in [7, 11) is 4.03. The molecule has 0 saturated carbocycles. The molecule has 6 nitrogen and oxygen atoms in total. The van der Waals surface area contributed by atoms with Crippen LogP contribution in [0.4, 0.5) is 5.82 Å². The summed E-state index contributed by atoms with van der Waals surface area (Å²) in [6.45, 7) is 3.43. The Morgan fingerprint density at radius 2 is 1.83 bits per heavy atom. The molecule has 1 unspecified atom stereocenters. The average molecular weight is 416 g/mol. The number of carbonyl (C=O) groups is 1. The zero-order chi connectivity index (χ0) is 19.5. The summed E-state index contributed by atoms with van der Waals surface area (Å²) in [4.78, 5) is 26.4. The molecular weight excluding hydrogens is 386 g/mol. The van der Waals surface area contributed by atoms with Crippen molar-refractivity contribution in [2.75, 3.05) is 38.6 Å². The number of hydrogen-bond donors (Lipinski definition) is 1. The van der Waals surface area contributed by atoms with E-state index in [0.717, 1.165) is 49.8 Å². The van der Waals surface area contributed by atoms with Crippen molar-refractivity contribution in [1.29, 1.82) is 0 Å². The van der Waals surface area contributed by atoms with E-state index in [1.165, 1.54) is 5.56 Å². The van der Waals surface area contributed by atoms with Crippen LogP contribution >= 0.6 is 12.4 Å². The number of benzene rings is 1. The molecule has 1 aromatic heterocycles. The Hall–Kier alpha value is -2.18. The second-order valence-corrected chi connectivity index (χ2v) is 8.09. The number of aromatic nitrogens is 2. The number of amides is 1. The third kappa shape index (κ3) is 5.06. The van der Waals surface area contributed by atoms with Gasteiger partial charge in [-0.25, -0.2) is 9.97 Å². The fraction of sp³-hybridized carbons (Fsp3) is 0.500. The lowest BCUT2D eigenvalue weighted by Crippen LogP contribution is -2.28. The first kappa shape index (κ1) is 21.5. The molecule has 2 aliphatic heterocycles. The maximum Gasteiger partial charge on any atom is 0.223 e. The van der Waals surface area contributed by atoms with Gasteiger partial charge in [-0.15, -0.1) is 12.4 Å². The Balaban J connectivity index is 0.00000240. The van der Waals surface area contributed by atoms with Crippen LogP contribution in [0.15, 0.2) is 36.4 Å². The predicted octanol–water partition coefficient (Wildman–Crippen LogP) is 2.95. The highest BCUT2D eigenvalue weighted by Gasteiger charge is 2.32. The van der Waals surface area contributed by atoms with Gasteiger partial charge in [-0.3, -0.25) is 4.79 Å². The number of likely N-dealkylation sites (tertiary alicyclic amines) is 1. The number of carbonyl (C=O) groups excluding carboxylic acids is 1. The Kier molecular flexibility index (Phi) is 7.09. The van der Waals surface area contributed by atoms with Crippen LogP contribution in [0, 0.1) is 0 Å². The first-order chi connectivity index (χ1) is 13.6. The topological polar surface area (TPSA) is 61.4 Å². The van der Waals surface area contributed by atoms with Gasteiger partial charge < -0.3 is 15.1 Å². The standard InChI is InChI=1S/C22H29N5O.ClH/c1-26(2)20-13-19(24-22(25-20)17-8-10-23-11-9-17)18-12-21(28)27(15-18)14-16-6-4-3-5-7-16;/h3-7,13,17-18,23H,8-12,14-15H2,1-2H3;1H. The van der Waals surface area contributed by atoms with Gasteiger partial charge in [-0.2, -0.15) is 0 Å². The van der Waals surface area contributed by atoms with Crippen LogP contribution < -0.4 is 10.2 Å². The number of piperidine rings is 1. The van der Waals surface area contributed by atoms with E-state index in [2.05, 4.69) is 23.5 Å². The summed E-state index contributed by atoms with van der Waals surface area (Å²) >= 11 is 0. The van der Waals surface area contributed by atoms with Crippen molar-refractivity contribution in [3.63, 3.8) is 0 Å². The molecule has 0 aliphatic carbocycles. The van der Waals surface area contributed by atoms with E-state index in [0.29, 0.717) is 18.9 Å². The molecule has 1 atom stereocenters. The third-order valence-corrected chi connectivity index (χ3v) is 5.76. The zero-order valence-corrected chi connectivity index (χ0v) is 18.0. The monoisotopic (exact) mass is 415 g/mol. The van der Waals surface area contributed by atoms with Gasteiger partial charge in [0.15, 0.2) is 0 Å². The van der Waals surface area contributed by atoms with Gasteiger partial charge in [0.2, 0.25) is 5.91 Å². The summed E-state index contributed by atoms with van der Waals surface area (Å²) < 4.78 is 0. The van der Waals surface area contributed by atoms with Crippen LogP contribution in [0.2, 0.25) is 0 Å². The van der Waals surface area contributed by atoms with Crippen molar-refractivity contribution in [3.05, 3.63) is 53.5 Å². The van der Waals surface area contributed by atoms with Gasteiger partial charge in [0.1, 0.15) is 11.6 Å². The van der Waals surface area contributed by atoms with E-state index in [-0.39, 0.29) is 24.2 Å². The highest BCUT2D eigenvalue weighted by Crippen LogP contribution is 2.32. The fourth-order valence-electron chi connectivity index (χ4n) is 4.10. The second kappa shape index (κ2) is 9.55. The molecule has 1 amide bonds. The summed E-state index contributed by atoms with van der Waals surface area (Å²) in [5.41, 5.74) is 2.18. The molecule has 7 heteroatoms. The summed E-state index contributed by atoms with van der Waals surface area (Å²) in [6, 6.07) is 12.3. The molecule has 156 valence electrons. The first-order valence-corrected chi connectivity index (χ1v) is 10.2. The largest absolute Gasteiger partial charge is 0.363 e. The lowest BCUT2D eigenvalue weighted by molar-refractivity contribution is -0.128. The van der Waals surface area contributed by atoms with Crippen molar-refractivity contribution in [1.82, 2.24) is 20.2 Å². The molecule has 1 aromatic carbocycles. The molecule has 0 spiro atoms. The van der Waals surface area contributed by atoms with Crippen molar-refractivity contribution < 1.29 is 4.79 Å². The van der Waals surface area contributed by atoms with Crippen molar-refractivity contribution in [3.8, 4) is 0 Å². The highest BCUT2D eigenvalue weighted by molar-refractivity contribution is 5.85. The Morgan fingerprint density at radius 1 is 1.10 bits per heavy atom. The van der Waals surface area contributed by atoms with Crippen LogP contribution in [-0.4, -0.2) is 54.5 Å². The molecule has 3 heterocycles. The van der Waals surface area contributed by atoms with Crippen LogP contribution in [0.1, 0.15) is 48.2 Å². The first-order valence-electron chi connectivity index (χ1n) is 10.2. The molecule has 0 bridgehead atoms. The summed E-state index contributed by atoms with van der Waals surface area (Å²) in [5, 5.41) is 3.41. The van der Waals surface area contributed by atoms with Crippen LogP contribution in [-0.2, 0) is 11.3 Å². The van der Waals surface area contributed by atoms with E-state index in [1.54, 1.807) is 0 Å². The minimum absolute atomic E-state index is 0. The molecular formula is C22H30ClN5O. The van der Waals surface area contributed by atoms with Gasteiger partial charge in [0.05, 0.1) is 5.69 Å². The van der Waals surface area contributed by atoms with Crippen LogP contribution in [0.3, 0.4) is 0 Å². The van der Waals surface area contributed by atoms with Gasteiger partial charge in [-0.1, -0.05) is 30.3 Å². The number of nitrogens with zero attached hydrogens (tertiary/aromatic N) is 4. The summed E-state index contributed by atoms with van der Waals surface area (Å²) in [6.07, 6.45) is 2.67. The second-order valence-electron chi connectivity index (χ2n) is 8.09. The Bertz CT molecular complexity index is 823. The van der Waals surface area contributed by atoms with E-state index in [4.69, 9.17) is 9.97 Å². The van der Waals surface area contributed by atoms with E-state index >= 15 is 0 Å². The van der Waals surface area contributed by atoms with E-state index in [9.17, 15) is 4.79 Å². The minimum Gasteiger partial charge on any atom is -0.363 e. The number of rotatable bonds is 5. The van der Waals surface area contributed by atoms with Crippen LogP contribution in [0.5, 0.6) is 0 Å². The molecule has 2 aliphatic rings. The lowest BCUT2D eigenvalue weighted by atomic mass is 9.96. The minimum atomic E-state index is 0. The zero-order valence-electron chi connectivity index (χ0n) is 17.2. The summed E-state index contributed by atoms with van der Waals surface area (Å²) in [5.74, 6) is 2.63. The molecule has 0 radical (unpaired) electrons. The maximum atomic E-state index is 12.6. The van der Waals surface area contributed by atoms with E-state index in [1.807, 2.05) is 42.1 Å². The third-order valence-electron chi connectivity index (χ3n) is 5.76. The van der Waals surface area contributed by atoms with Crippen molar-refractivity contribution in [2.24, 2.45) is 0 Å². The van der Waals surface area contributed by atoms with Gasteiger partial charge in [0, 0.05) is 51.5 Å². The number of anilines is 1. The Labute approximate surface area is 179 Å². The SMILES string of the molecule is CN(C)c1cc(C2CC(=O)N(Cc3ccccc3)C2)nc(C2CCNCC2)n1.Cl. The lowest BCUT2D eigenvalue weighted by Gasteiger charge is -2.24.